The predicted octanol–water partition coefficient (Wildman–Crippen LogP) is 4.76. The molecule has 1 nitrogen and oxygen atoms in total. The Morgan fingerprint density at radius 2 is 1.94 bits per heavy atom. The first-order valence-corrected chi connectivity index (χ1v) is 8.20. The maximum absolute atomic E-state index is 3.71. The van der Waals surface area contributed by atoms with Crippen LogP contribution in [0.2, 0.25) is 0 Å². The number of nitrogens with one attached hydrogen (secondary N) is 1. The van der Waals surface area contributed by atoms with Crippen LogP contribution in [0.15, 0.2) is 0 Å². The molecule has 0 amide bonds. The fourth-order valence-electron chi connectivity index (χ4n) is 3.96. The fraction of sp³-hybridized carbons (Fsp3) is 1.00. The molecule has 1 N–H and O–H groups in total. The number of rotatable bonds is 4. The van der Waals surface area contributed by atoms with Gasteiger partial charge in [-0.2, -0.15) is 0 Å². The Morgan fingerprint density at radius 3 is 2.61 bits per heavy atom. The highest BCUT2D eigenvalue weighted by atomic mass is 15.0. The summed E-state index contributed by atoms with van der Waals surface area (Å²) in [7, 11) is 0. The second kappa shape index (κ2) is 5.53. The van der Waals surface area contributed by atoms with E-state index in [4.69, 9.17) is 0 Å². The molecule has 2 aliphatic rings. The van der Waals surface area contributed by atoms with Crippen molar-refractivity contribution in [2.45, 2.75) is 84.6 Å². The van der Waals surface area contributed by atoms with Crippen LogP contribution < -0.4 is 5.32 Å². The molecule has 3 unspecified atom stereocenters. The van der Waals surface area contributed by atoms with Gasteiger partial charge in [-0.05, 0) is 70.3 Å². The molecule has 2 saturated carbocycles. The van der Waals surface area contributed by atoms with Crippen molar-refractivity contribution in [3.63, 3.8) is 0 Å². The molecule has 2 rings (SSSR count). The van der Waals surface area contributed by atoms with Gasteiger partial charge in [0.25, 0.3) is 0 Å². The van der Waals surface area contributed by atoms with Crippen molar-refractivity contribution in [1.29, 1.82) is 0 Å². The van der Waals surface area contributed by atoms with E-state index in [1.54, 1.807) is 0 Å². The van der Waals surface area contributed by atoms with Crippen LogP contribution in [0.25, 0.3) is 0 Å². The van der Waals surface area contributed by atoms with Gasteiger partial charge in [0.1, 0.15) is 0 Å². The summed E-state index contributed by atoms with van der Waals surface area (Å²) in [6.07, 6.45) is 11.9. The predicted molar refractivity (Wildman–Crippen MR) is 79.8 cm³/mol. The van der Waals surface area contributed by atoms with Gasteiger partial charge in [0, 0.05) is 5.54 Å². The second-order valence-corrected chi connectivity index (χ2v) is 7.98. The van der Waals surface area contributed by atoms with E-state index in [0.29, 0.717) is 5.54 Å². The van der Waals surface area contributed by atoms with E-state index in [1.807, 2.05) is 0 Å². The lowest BCUT2D eigenvalue weighted by Crippen LogP contribution is -2.37. The fourth-order valence-corrected chi connectivity index (χ4v) is 3.96. The van der Waals surface area contributed by atoms with Crippen molar-refractivity contribution >= 4 is 0 Å². The van der Waals surface area contributed by atoms with E-state index in [9.17, 15) is 0 Å². The monoisotopic (exact) mass is 251 g/mol. The summed E-state index contributed by atoms with van der Waals surface area (Å²) >= 11 is 0. The van der Waals surface area contributed by atoms with Gasteiger partial charge in [-0.25, -0.2) is 0 Å². The molecule has 0 aliphatic heterocycles. The van der Waals surface area contributed by atoms with Crippen LogP contribution in [0.3, 0.4) is 0 Å². The summed E-state index contributed by atoms with van der Waals surface area (Å²) in [5.41, 5.74) is 1.06. The van der Waals surface area contributed by atoms with Crippen molar-refractivity contribution in [3.05, 3.63) is 0 Å². The summed E-state index contributed by atoms with van der Waals surface area (Å²) in [6, 6.07) is 0. The van der Waals surface area contributed by atoms with Crippen LogP contribution in [0.1, 0.15) is 79.1 Å². The van der Waals surface area contributed by atoms with E-state index in [2.05, 4.69) is 33.0 Å². The van der Waals surface area contributed by atoms with E-state index in [0.717, 1.165) is 17.3 Å². The zero-order chi connectivity index (χ0) is 13.2. The third-order valence-electron chi connectivity index (χ3n) is 5.27. The third kappa shape index (κ3) is 3.73. The van der Waals surface area contributed by atoms with Gasteiger partial charge in [-0.1, -0.05) is 32.6 Å². The number of hydrogen-bond acceptors (Lipinski definition) is 1. The highest BCUT2D eigenvalue weighted by Crippen LogP contribution is 2.61. The smallest absolute Gasteiger partial charge is 0.00966 e. The maximum atomic E-state index is 3.71. The van der Waals surface area contributed by atoms with Gasteiger partial charge >= 0.3 is 0 Å². The second-order valence-electron chi connectivity index (χ2n) is 7.98. The van der Waals surface area contributed by atoms with Crippen LogP contribution in [0, 0.1) is 17.3 Å². The van der Waals surface area contributed by atoms with Crippen molar-refractivity contribution in [2.75, 3.05) is 6.54 Å². The molecule has 18 heavy (non-hydrogen) atoms. The van der Waals surface area contributed by atoms with Crippen LogP contribution in [-0.2, 0) is 0 Å². The molecular formula is C17H33N. The van der Waals surface area contributed by atoms with Crippen LogP contribution in [0.5, 0.6) is 0 Å². The van der Waals surface area contributed by atoms with Gasteiger partial charge in [0.15, 0.2) is 0 Å². The van der Waals surface area contributed by atoms with E-state index >= 15 is 0 Å². The quantitative estimate of drug-likeness (QED) is 0.759. The molecule has 1 spiro atoms. The minimum Gasteiger partial charge on any atom is -0.312 e. The minimum atomic E-state index is 0.291. The average molecular weight is 251 g/mol. The Labute approximate surface area is 114 Å². The molecule has 1 heteroatoms. The van der Waals surface area contributed by atoms with Crippen molar-refractivity contribution in [3.8, 4) is 0 Å². The highest BCUT2D eigenvalue weighted by Gasteiger charge is 2.53. The zero-order valence-corrected chi connectivity index (χ0v) is 13.0. The van der Waals surface area contributed by atoms with E-state index in [1.165, 1.54) is 57.9 Å². The summed E-state index contributed by atoms with van der Waals surface area (Å²) in [5.74, 6) is 2.03. The molecule has 3 atom stereocenters. The molecule has 0 aromatic rings. The minimum absolute atomic E-state index is 0.291. The molecule has 2 fully saturated rings. The first-order chi connectivity index (χ1) is 8.45. The molecule has 0 saturated heterocycles. The Morgan fingerprint density at radius 1 is 1.17 bits per heavy atom. The Bertz CT molecular complexity index is 265. The Balaban J connectivity index is 1.77. The summed E-state index contributed by atoms with van der Waals surface area (Å²) in [6.45, 7) is 10.4. The maximum Gasteiger partial charge on any atom is 0.00966 e. The lowest BCUT2D eigenvalue weighted by Gasteiger charge is -2.22. The normalized spacial score (nSPS) is 36.7. The summed E-state index contributed by atoms with van der Waals surface area (Å²) in [4.78, 5) is 0. The topological polar surface area (TPSA) is 12.0 Å². The average Bonchev–Trinajstić information content (AvgIpc) is 3.00. The van der Waals surface area contributed by atoms with Gasteiger partial charge in [-0.3, -0.25) is 0 Å². The molecule has 0 aromatic carbocycles. The third-order valence-corrected chi connectivity index (χ3v) is 5.27. The molecule has 106 valence electrons. The molecule has 0 aromatic heterocycles. The largest absolute Gasteiger partial charge is 0.312 e. The highest BCUT2D eigenvalue weighted by molar-refractivity contribution is 5.04. The first-order valence-electron chi connectivity index (χ1n) is 8.20. The van der Waals surface area contributed by atoms with Crippen LogP contribution in [-0.4, -0.2) is 12.1 Å². The first kappa shape index (κ1) is 14.4. The number of hydrogen-bond donors (Lipinski definition) is 1. The van der Waals surface area contributed by atoms with Crippen molar-refractivity contribution in [1.82, 2.24) is 5.32 Å². The van der Waals surface area contributed by atoms with Gasteiger partial charge in [0.2, 0.25) is 0 Å². The molecule has 2 aliphatic carbocycles. The van der Waals surface area contributed by atoms with Crippen LogP contribution in [0.4, 0.5) is 0 Å². The molecule has 0 radical (unpaired) electrons. The van der Waals surface area contributed by atoms with E-state index < -0.39 is 0 Å². The van der Waals surface area contributed by atoms with Crippen molar-refractivity contribution < 1.29 is 0 Å². The lowest BCUT2D eigenvalue weighted by atomic mass is 9.91. The molecular weight excluding hydrogens is 218 g/mol. The van der Waals surface area contributed by atoms with Crippen molar-refractivity contribution in [2.24, 2.45) is 17.3 Å². The van der Waals surface area contributed by atoms with E-state index in [-0.39, 0.29) is 0 Å². The Kier molecular flexibility index (Phi) is 4.41. The SMILES string of the molecule is CCCC1CCCC2(CC1)CC2CNC(C)(C)C. The van der Waals surface area contributed by atoms with Gasteiger partial charge in [-0.15, -0.1) is 0 Å². The standard InChI is InChI=1S/C17H33N/c1-5-7-14-8-6-10-17(11-9-14)12-15(17)13-18-16(2,3)4/h14-15,18H,5-13H2,1-4H3. The lowest BCUT2D eigenvalue weighted by molar-refractivity contribution is 0.343. The summed E-state index contributed by atoms with van der Waals surface area (Å²) < 4.78 is 0. The Hall–Kier alpha value is -0.0400. The zero-order valence-electron chi connectivity index (χ0n) is 13.0. The molecule has 0 heterocycles. The van der Waals surface area contributed by atoms with Gasteiger partial charge in [0.05, 0.1) is 0 Å². The van der Waals surface area contributed by atoms with Crippen LogP contribution >= 0.6 is 0 Å². The molecule has 0 bridgehead atoms. The summed E-state index contributed by atoms with van der Waals surface area (Å²) in [5, 5.41) is 3.71. The van der Waals surface area contributed by atoms with Gasteiger partial charge < -0.3 is 5.32 Å².